The predicted molar refractivity (Wildman–Crippen MR) is 91.6 cm³/mol. The smallest absolute Gasteiger partial charge is 0.282 e. The maximum Gasteiger partial charge on any atom is 0.282 e. The standard InChI is InChI=1S/C19H17F3N4O/c20-12-3-1-11(2-4-12)17-15(5-23-10-24-17)25-6-13-14(7-25)16(13)18(27)26-8-19(21,22)9-26/h1-5,10,13-14,16H,6-9H2. The number of aromatic nitrogens is 2. The molecule has 2 aliphatic heterocycles. The highest BCUT2D eigenvalue weighted by Gasteiger charge is 2.62. The molecule has 0 bridgehead atoms. The van der Waals surface area contributed by atoms with Crippen molar-refractivity contribution in [3.63, 3.8) is 0 Å². The average molecular weight is 374 g/mol. The number of halogens is 3. The molecule has 0 spiro atoms. The van der Waals surface area contributed by atoms with Gasteiger partial charge in [-0.2, -0.15) is 0 Å². The minimum atomic E-state index is -2.73. The van der Waals surface area contributed by atoms with Crippen LogP contribution in [0.1, 0.15) is 0 Å². The summed E-state index contributed by atoms with van der Waals surface area (Å²) in [5.74, 6) is -2.94. The lowest BCUT2D eigenvalue weighted by Gasteiger charge is -2.39. The van der Waals surface area contributed by atoms with E-state index < -0.39 is 19.0 Å². The van der Waals surface area contributed by atoms with Crippen LogP contribution >= 0.6 is 0 Å². The van der Waals surface area contributed by atoms with E-state index in [-0.39, 0.29) is 29.5 Å². The van der Waals surface area contributed by atoms with E-state index in [9.17, 15) is 18.0 Å². The molecule has 1 aromatic carbocycles. The molecule has 5 rings (SSSR count). The number of amides is 1. The van der Waals surface area contributed by atoms with Crippen LogP contribution < -0.4 is 4.90 Å². The maximum atomic E-state index is 13.2. The Labute approximate surface area is 153 Å². The van der Waals surface area contributed by atoms with Gasteiger partial charge in [0.05, 0.1) is 30.7 Å². The van der Waals surface area contributed by atoms with Gasteiger partial charge < -0.3 is 9.80 Å². The lowest BCUT2D eigenvalue weighted by molar-refractivity contribution is -0.167. The summed E-state index contributed by atoms with van der Waals surface area (Å²) in [6.45, 7) is 0.444. The van der Waals surface area contributed by atoms with Gasteiger partial charge in [-0.15, -0.1) is 0 Å². The minimum absolute atomic E-state index is 0.140. The summed E-state index contributed by atoms with van der Waals surface area (Å²) in [5, 5.41) is 0. The Kier molecular flexibility index (Phi) is 3.47. The number of hydrogen-bond donors (Lipinski definition) is 0. The van der Waals surface area contributed by atoms with E-state index in [4.69, 9.17) is 0 Å². The number of hydrogen-bond acceptors (Lipinski definition) is 4. The first-order valence-electron chi connectivity index (χ1n) is 8.90. The predicted octanol–water partition coefficient (Wildman–Crippen LogP) is 2.44. The fraction of sp³-hybridized carbons (Fsp3) is 0.421. The molecule has 8 heteroatoms. The molecule has 3 fully saturated rings. The third-order valence-electron chi connectivity index (χ3n) is 5.79. The van der Waals surface area contributed by atoms with Crippen LogP contribution in [0.25, 0.3) is 11.3 Å². The molecular formula is C19H17F3N4O. The number of anilines is 1. The number of carbonyl (C=O) groups is 1. The molecule has 0 radical (unpaired) electrons. The summed E-state index contributed by atoms with van der Waals surface area (Å²) >= 11 is 0. The zero-order valence-electron chi connectivity index (χ0n) is 14.4. The third-order valence-corrected chi connectivity index (χ3v) is 5.79. The van der Waals surface area contributed by atoms with Crippen LogP contribution in [-0.4, -0.2) is 52.9 Å². The minimum Gasteiger partial charge on any atom is -0.368 e. The van der Waals surface area contributed by atoms with Crippen LogP contribution in [-0.2, 0) is 4.79 Å². The number of alkyl halides is 2. The normalized spacial score (nSPS) is 27.9. The first-order valence-corrected chi connectivity index (χ1v) is 8.90. The molecule has 2 atom stereocenters. The zero-order chi connectivity index (χ0) is 18.8. The van der Waals surface area contributed by atoms with Crippen LogP contribution in [0.2, 0.25) is 0 Å². The zero-order valence-corrected chi connectivity index (χ0v) is 14.4. The van der Waals surface area contributed by atoms with Gasteiger partial charge in [0.15, 0.2) is 0 Å². The highest BCUT2D eigenvalue weighted by atomic mass is 19.3. The molecule has 1 saturated carbocycles. The summed E-state index contributed by atoms with van der Waals surface area (Å²) < 4.78 is 39.2. The summed E-state index contributed by atoms with van der Waals surface area (Å²) in [5.41, 5.74) is 2.36. The molecule has 1 amide bonds. The van der Waals surface area contributed by atoms with Crippen molar-refractivity contribution < 1.29 is 18.0 Å². The Bertz CT molecular complexity index is 884. The number of fused-ring (bicyclic) bond motifs is 1. The molecular weight excluding hydrogens is 357 g/mol. The number of benzene rings is 1. The Morgan fingerprint density at radius 1 is 1.11 bits per heavy atom. The van der Waals surface area contributed by atoms with E-state index in [1.807, 2.05) is 0 Å². The molecule has 5 nitrogen and oxygen atoms in total. The summed E-state index contributed by atoms with van der Waals surface area (Å²) in [6.07, 6.45) is 3.18. The van der Waals surface area contributed by atoms with Gasteiger partial charge >= 0.3 is 0 Å². The van der Waals surface area contributed by atoms with Gasteiger partial charge in [-0.05, 0) is 36.1 Å². The molecule has 27 heavy (non-hydrogen) atoms. The fourth-order valence-electron chi connectivity index (χ4n) is 4.35. The molecule has 3 heterocycles. The fourth-order valence-corrected chi connectivity index (χ4v) is 4.35. The van der Waals surface area contributed by atoms with Crippen molar-refractivity contribution in [3.8, 4) is 11.3 Å². The number of carbonyl (C=O) groups excluding carboxylic acids is 1. The van der Waals surface area contributed by atoms with E-state index in [1.165, 1.54) is 23.4 Å². The number of likely N-dealkylation sites (tertiary alicyclic amines) is 1. The van der Waals surface area contributed by atoms with Gasteiger partial charge in [0.25, 0.3) is 5.92 Å². The van der Waals surface area contributed by atoms with E-state index in [0.29, 0.717) is 13.1 Å². The van der Waals surface area contributed by atoms with Crippen molar-refractivity contribution in [1.29, 1.82) is 0 Å². The molecule has 140 valence electrons. The van der Waals surface area contributed by atoms with Crippen molar-refractivity contribution in [2.24, 2.45) is 17.8 Å². The van der Waals surface area contributed by atoms with Crippen molar-refractivity contribution in [2.75, 3.05) is 31.1 Å². The van der Waals surface area contributed by atoms with Crippen molar-refractivity contribution in [2.45, 2.75) is 5.92 Å². The van der Waals surface area contributed by atoms with Gasteiger partial charge in [-0.3, -0.25) is 4.79 Å². The average Bonchev–Trinajstić information content (AvgIpc) is 3.13. The van der Waals surface area contributed by atoms with Crippen LogP contribution in [0.4, 0.5) is 18.9 Å². The highest BCUT2D eigenvalue weighted by Crippen LogP contribution is 2.54. The highest BCUT2D eigenvalue weighted by molar-refractivity contribution is 5.84. The Hall–Kier alpha value is -2.64. The molecule has 1 aromatic heterocycles. The van der Waals surface area contributed by atoms with Crippen LogP contribution in [0.3, 0.4) is 0 Å². The summed E-state index contributed by atoms with van der Waals surface area (Å²) in [6, 6.07) is 6.13. The molecule has 3 aliphatic rings. The lowest BCUT2D eigenvalue weighted by Crippen LogP contribution is -2.59. The van der Waals surface area contributed by atoms with Crippen molar-refractivity contribution >= 4 is 11.6 Å². The van der Waals surface area contributed by atoms with Gasteiger partial charge in [0.1, 0.15) is 12.1 Å². The number of nitrogens with zero attached hydrogens (tertiary/aromatic N) is 4. The van der Waals surface area contributed by atoms with E-state index in [2.05, 4.69) is 14.9 Å². The second kappa shape index (κ2) is 5.68. The number of piperidine rings is 1. The first-order chi connectivity index (χ1) is 12.9. The second-order valence-corrected chi connectivity index (χ2v) is 7.57. The molecule has 2 unspecified atom stereocenters. The van der Waals surface area contributed by atoms with Crippen LogP contribution in [0.5, 0.6) is 0 Å². The monoisotopic (exact) mass is 374 g/mol. The summed E-state index contributed by atoms with van der Waals surface area (Å²) in [7, 11) is 0. The van der Waals surface area contributed by atoms with E-state index in [1.54, 1.807) is 18.3 Å². The van der Waals surface area contributed by atoms with Crippen molar-refractivity contribution in [3.05, 3.63) is 42.6 Å². The Morgan fingerprint density at radius 2 is 1.78 bits per heavy atom. The summed E-state index contributed by atoms with van der Waals surface area (Å²) in [4.78, 5) is 24.2. The molecule has 2 aromatic rings. The Morgan fingerprint density at radius 3 is 2.41 bits per heavy atom. The SMILES string of the molecule is O=C(C1C2CN(c3cncnc3-c3ccc(F)cc3)CC21)N1CC(F)(F)C1. The molecule has 2 saturated heterocycles. The quantitative estimate of drug-likeness (QED) is 0.828. The van der Waals surface area contributed by atoms with Crippen LogP contribution in [0.15, 0.2) is 36.8 Å². The Balaban J connectivity index is 1.30. The molecule has 1 aliphatic carbocycles. The number of rotatable bonds is 3. The van der Waals surface area contributed by atoms with Crippen molar-refractivity contribution in [1.82, 2.24) is 14.9 Å². The largest absolute Gasteiger partial charge is 0.368 e. The van der Waals surface area contributed by atoms with Gasteiger partial charge in [0, 0.05) is 24.6 Å². The van der Waals surface area contributed by atoms with Gasteiger partial charge in [-0.1, -0.05) is 0 Å². The van der Waals surface area contributed by atoms with Crippen LogP contribution in [0, 0.1) is 23.6 Å². The van der Waals surface area contributed by atoms with E-state index >= 15 is 0 Å². The maximum absolute atomic E-state index is 13.2. The topological polar surface area (TPSA) is 49.3 Å². The van der Waals surface area contributed by atoms with Gasteiger partial charge in [-0.25, -0.2) is 23.1 Å². The lowest BCUT2D eigenvalue weighted by atomic mass is 10.1. The second-order valence-electron chi connectivity index (χ2n) is 7.57. The third kappa shape index (κ3) is 2.74. The molecule has 0 N–H and O–H groups in total. The first kappa shape index (κ1) is 16.5. The van der Waals surface area contributed by atoms with Gasteiger partial charge in [0.2, 0.25) is 5.91 Å². The van der Waals surface area contributed by atoms with E-state index in [0.717, 1.165) is 16.9 Å².